The summed E-state index contributed by atoms with van der Waals surface area (Å²) >= 11 is 0. The molecule has 0 amide bonds. The van der Waals surface area contributed by atoms with Crippen LogP contribution in [0.1, 0.15) is 37.6 Å². The van der Waals surface area contributed by atoms with Crippen LogP contribution in [-0.2, 0) is 0 Å². The fourth-order valence-electron chi connectivity index (χ4n) is 2.63. The number of benzene rings is 1. The number of ether oxygens (including phenoxy) is 1. The van der Waals surface area contributed by atoms with Gasteiger partial charge in [0.15, 0.2) is 5.78 Å². The number of methoxy groups -OCH3 is 1. The quantitative estimate of drug-likeness (QED) is 0.768. The fourth-order valence-corrected chi connectivity index (χ4v) is 2.63. The zero-order valence-electron chi connectivity index (χ0n) is 11.6. The van der Waals surface area contributed by atoms with E-state index in [4.69, 9.17) is 4.74 Å². The molecule has 2 rings (SSSR count). The summed E-state index contributed by atoms with van der Waals surface area (Å²) in [4.78, 5) is 14.1. The van der Waals surface area contributed by atoms with E-state index in [-0.39, 0.29) is 5.78 Å². The summed E-state index contributed by atoms with van der Waals surface area (Å²) in [6, 6.07) is 5.81. The van der Waals surface area contributed by atoms with Crippen molar-refractivity contribution in [3.63, 3.8) is 0 Å². The van der Waals surface area contributed by atoms with Gasteiger partial charge in [0.1, 0.15) is 5.75 Å². The number of nitrogens with zero attached hydrogens (tertiary/aromatic N) is 1. The Morgan fingerprint density at radius 3 is 2.61 bits per heavy atom. The van der Waals surface area contributed by atoms with Gasteiger partial charge in [-0.25, -0.2) is 0 Å². The highest BCUT2D eigenvalue weighted by Gasteiger charge is 2.31. The largest absolute Gasteiger partial charge is 0.496 e. The van der Waals surface area contributed by atoms with E-state index in [9.17, 15) is 4.79 Å². The Balaban J connectivity index is 2.42. The average Bonchev–Trinajstić information content (AvgIpc) is 2.68. The predicted octanol–water partition coefficient (Wildman–Crippen LogP) is 3.13. The predicted molar refractivity (Wildman–Crippen MR) is 73.6 cm³/mol. The van der Waals surface area contributed by atoms with Crippen LogP contribution in [0.15, 0.2) is 18.2 Å². The van der Waals surface area contributed by atoms with Crippen LogP contribution in [0.5, 0.6) is 5.75 Å². The fraction of sp³-hybridized carbons (Fsp3) is 0.533. The van der Waals surface area contributed by atoms with Crippen molar-refractivity contribution in [2.45, 2.75) is 27.2 Å². The van der Waals surface area contributed by atoms with Crippen LogP contribution in [0.2, 0.25) is 0 Å². The van der Waals surface area contributed by atoms with Crippen molar-refractivity contribution in [1.82, 2.24) is 0 Å². The lowest BCUT2D eigenvalue weighted by molar-refractivity contribution is 0.101. The first-order chi connectivity index (χ1) is 8.44. The summed E-state index contributed by atoms with van der Waals surface area (Å²) in [6.07, 6.45) is 1.15. The summed E-state index contributed by atoms with van der Waals surface area (Å²) in [7, 11) is 1.61. The number of hydrogen-bond donors (Lipinski definition) is 0. The third kappa shape index (κ3) is 2.35. The van der Waals surface area contributed by atoms with Crippen LogP contribution in [0.4, 0.5) is 5.69 Å². The molecule has 0 spiro atoms. The van der Waals surface area contributed by atoms with Crippen LogP contribution in [0, 0.1) is 5.41 Å². The molecule has 1 fully saturated rings. The van der Waals surface area contributed by atoms with Gasteiger partial charge in [0, 0.05) is 13.1 Å². The summed E-state index contributed by atoms with van der Waals surface area (Å²) < 4.78 is 5.31. The third-order valence-corrected chi connectivity index (χ3v) is 3.59. The van der Waals surface area contributed by atoms with E-state index in [0.717, 1.165) is 25.2 Å². The van der Waals surface area contributed by atoms with Gasteiger partial charge in [-0.05, 0) is 30.9 Å². The maximum Gasteiger partial charge on any atom is 0.165 e. The lowest BCUT2D eigenvalue weighted by Crippen LogP contribution is -2.24. The van der Waals surface area contributed by atoms with Crippen LogP contribution in [-0.4, -0.2) is 26.0 Å². The smallest absolute Gasteiger partial charge is 0.165 e. The second-order valence-corrected chi connectivity index (χ2v) is 5.75. The standard InChI is InChI=1S/C15H21NO2/c1-11(17)14-12(6-5-7-13(14)18-4)16-9-8-15(2,3)10-16/h5-7H,8-10H2,1-4H3. The van der Waals surface area contributed by atoms with Crippen molar-refractivity contribution in [3.8, 4) is 5.75 Å². The lowest BCUT2D eigenvalue weighted by atomic mass is 9.93. The number of rotatable bonds is 3. The highest BCUT2D eigenvalue weighted by Crippen LogP contribution is 2.37. The molecule has 1 saturated heterocycles. The van der Waals surface area contributed by atoms with Gasteiger partial charge in [-0.2, -0.15) is 0 Å². The van der Waals surface area contributed by atoms with Crippen LogP contribution in [0.3, 0.4) is 0 Å². The zero-order valence-corrected chi connectivity index (χ0v) is 11.6. The van der Waals surface area contributed by atoms with Gasteiger partial charge in [-0.3, -0.25) is 4.79 Å². The van der Waals surface area contributed by atoms with Gasteiger partial charge < -0.3 is 9.64 Å². The van der Waals surface area contributed by atoms with Crippen molar-refractivity contribution < 1.29 is 9.53 Å². The normalized spacial score (nSPS) is 17.9. The first kappa shape index (κ1) is 12.9. The lowest BCUT2D eigenvalue weighted by Gasteiger charge is -2.24. The van der Waals surface area contributed by atoms with Crippen molar-refractivity contribution in [2.75, 3.05) is 25.1 Å². The van der Waals surface area contributed by atoms with E-state index in [1.807, 2.05) is 18.2 Å². The molecule has 18 heavy (non-hydrogen) atoms. The zero-order chi connectivity index (χ0) is 13.3. The van der Waals surface area contributed by atoms with Crippen molar-refractivity contribution in [1.29, 1.82) is 0 Å². The minimum Gasteiger partial charge on any atom is -0.496 e. The number of anilines is 1. The summed E-state index contributed by atoms with van der Waals surface area (Å²) in [5, 5.41) is 0. The maximum absolute atomic E-state index is 11.9. The molecule has 0 atom stereocenters. The molecule has 98 valence electrons. The summed E-state index contributed by atoms with van der Waals surface area (Å²) in [5.41, 5.74) is 2.03. The molecule has 0 unspecified atom stereocenters. The molecule has 3 heteroatoms. The molecule has 0 bridgehead atoms. The Hall–Kier alpha value is -1.51. The Morgan fingerprint density at radius 1 is 1.39 bits per heavy atom. The van der Waals surface area contributed by atoms with Gasteiger partial charge >= 0.3 is 0 Å². The number of ketones is 1. The molecule has 1 heterocycles. The van der Waals surface area contributed by atoms with Gasteiger partial charge in [0.2, 0.25) is 0 Å². The SMILES string of the molecule is COc1cccc(N2CCC(C)(C)C2)c1C(C)=O. The molecule has 1 aliphatic heterocycles. The van der Waals surface area contributed by atoms with E-state index >= 15 is 0 Å². The molecule has 0 aliphatic carbocycles. The third-order valence-electron chi connectivity index (χ3n) is 3.59. The molecule has 0 saturated carbocycles. The Kier molecular flexibility index (Phi) is 3.33. The summed E-state index contributed by atoms with van der Waals surface area (Å²) in [5.74, 6) is 0.733. The highest BCUT2D eigenvalue weighted by molar-refractivity contribution is 6.02. The topological polar surface area (TPSA) is 29.5 Å². The van der Waals surface area contributed by atoms with Gasteiger partial charge in [0.25, 0.3) is 0 Å². The molecule has 0 radical (unpaired) electrons. The first-order valence-corrected chi connectivity index (χ1v) is 6.37. The first-order valence-electron chi connectivity index (χ1n) is 6.37. The van der Waals surface area contributed by atoms with E-state index in [1.54, 1.807) is 14.0 Å². The van der Waals surface area contributed by atoms with Crippen molar-refractivity contribution in [3.05, 3.63) is 23.8 Å². The molecular formula is C15H21NO2. The second kappa shape index (κ2) is 4.63. The molecular weight excluding hydrogens is 226 g/mol. The maximum atomic E-state index is 11.9. The van der Waals surface area contributed by atoms with Crippen LogP contribution in [0.25, 0.3) is 0 Å². The monoisotopic (exact) mass is 247 g/mol. The molecule has 1 aliphatic rings. The molecule has 1 aromatic carbocycles. The average molecular weight is 247 g/mol. The second-order valence-electron chi connectivity index (χ2n) is 5.75. The van der Waals surface area contributed by atoms with Crippen LogP contribution < -0.4 is 9.64 Å². The highest BCUT2D eigenvalue weighted by atomic mass is 16.5. The van der Waals surface area contributed by atoms with E-state index in [1.165, 1.54) is 0 Å². The van der Waals surface area contributed by atoms with Crippen molar-refractivity contribution in [2.24, 2.45) is 5.41 Å². The Labute approximate surface area is 109 Å². The number of hydrogen-bond acceptors (Lipinski definition) is 3. The Morgan fingerprint density at radius 2 is 2.11 bits per heavy atom. The minimum absolute atomic E-state index is 0.0622. The molecule has 1 aromatic rings. The van der Waals surface area contributed by atoms with Crippen LogP contribution >= 0.6 is 0 Å². The number of Topliss-reactive ketones (excluding diaryl/α,β-unsaturated/α-hetero) is 1. The Bertz CT molecular complexity index is 466. The van der Waals surface area contributed by atoms with Gasteiger partial charge in [0.05, 0.1) is 18.4 Å². The minimum atomic E-state index is 0.0622. The number of carbonyl (C=O) groups is 1. The molecule has 0 N–H and O–H groups in total. The van der Waals surface area contributed by atoms with E-state index < -0.39 is 0 Å². The van der Waals surface area contributed by atoms with E-state index in [2.05, 4.69) is 18.7 Å². The molecule has 0 aromatic heterocycles. The molecule has 3 nitrogen and oxygen atoms in total. The van der Waals surface area contributed by atoms with Gasteiger partial charge in [-0.1, -0.05) is 19.9 Å². The van der Waals surface area contributed by atoms with Crippen molar-refractivity contribution >= 4 is 11.5 Å². The number of carbonyl (C=O) groups excluding carboxylic acids is 1. The van der Waals surface area contributed by atoms with E-state index in [0.29, 0.717) is 16.7 Å². The summed E-state index contributed by atoms with van der Waals surface area (Å²) in [6.45, 7) is 8.12. The van der Waals surface area contributed by atoms with Gasteiger partial charge in [-0.15, -0.1) is 0 Å².